The molecule has 154 valence electrons. The molecule has 2 aromatic carbocycles. The quantitative estimate of drug-likeness (QED) is 0.710. The number of likely N-dealkylation sites (tertiary alicyclic amines) is 1. The maximum atomic E-state index is 12.4. The van der Waals surface area contributed by atoms with Gasteiger partial charge in [-0.2, -0.15) is 0 Å². The van der Waals surface area contributed by atoms with E-state index in [0.29, 0.717) is 18.2 Å². The number of aliphatic hydroxyl groups is 1. The molecule has 0 bridgehead atoms. The van der Waals surface area contributed by atoms with Crippen LogP contribution in [-0.2, 0) is 13.1 Å². The van der Waals surface area contributed by atoms with Gasteiger partial charge in [0.05, 0.1) is 6.61 Å². The van der Waals surface area contributed by atoms with E-state index in [1.54, 1.807) is 0 Å². The summed E-state index contributed by atoms with van der Waals surface area (Å²) in [6.45, 7) is 4.73. The van der Waals surface area contributed by atoms with Crippen molar-refractivity contribution < 1.29 is 9.90 Å². The number of benzene rings is 2. The fraction of sp³-hybridized carbons (Fsp3) is 0.458. The summed E-state index contributed by atoms with van der Waals surface area (Å²) in [5.74, 6) is -0.0152. The van der Waals surface area contributed by atoms with Gasteiger partial charge in [0.25, 0.3) is 5.91 Å². The van der Waals surface area contributed by atoms with Gasteiger partial charge in [0.2, 0.25) is 0 Å². The Morgan fingerprint density at radius 3 is 2.45 bits per heavy atom. The predicted molar refractivity (Wildman–Crippen MR) is 116 cm³/mol. The van der Waals surface area contributed by atoms with E-state index in [4.69, 9.17) is 0 Å². The van der Waals surface area contributed by atoms with Gasteiger partial charge < -0.3 is 15.3 Å². The van der Waals surface area contributed by atoms with E-state index in [0.717, 1.165) is 44.7 Å². The third-order valence-electron chi connectivity index (χ3n) is 6.20. The molecular weight excluding hydrogens is 362 g/mol. The van der Waals surface area contributed by atoms with Crippen LogP contribution in [0, 0.1) is 0 Å². The zero-order valence-electron chi connectivity index (χ0n) is 17.0. The molecule has 1 fully saturated rings. The SMILES string of the molecule is O=C(NCCCN1CCCCC1CO)c1ccc(N2Cc3ccccc3C2)cc1. The highest BCUT2D eigenvalue weighted by Crippen LogP contribution is 2.28. The number of piperidine rings is 1. The number of hydrogen-bond acceptors (Lipinski definition) is 4. The molecule has 2 aliphatic heterocycles. The molecule has 2 aliphatic rings. The average Bonchev–Trinajstić information content (AvgIpc) is 3.21. The largest absolute Gasteiger partial charge is 0.395 e. The van der Waals surface area contributed by atoms with Crippen LogP contribution < -0.4 is 10.2 Å². The van der Waals surface area contributed by atoms with Gasteiger partial charge in [0.1, 0.15) is 0 Å². The maximum absolute atomic E-state index is 12.4. The van der Waals surface area contributed by atoms with Gasteiger partial charge in [-0.25, -0.2) is 0 Å². The Balaban J connectivity index is 1.23. The van der Waals surface area contributed by atoms with Crippen LogP contribution in [-0.4, -0.2) is 48.2 Å². The molecule has 2 N–H and O–H groups in total. The Hall–Kier alpha value is -2.37. The summed E-state index contributed by atoms with van der Waals surface area (Å²) in [4.78, 5) is 17.1. The van der Waals surface area contributed by atoms with Crippen molar-refractivity contribution in [3.63, 3.8) is 0 Å². The summed E-state index contributed by atoms with van der Waals surface area (Å²) >= 11 is 0. The molecule has 4 rings (SSSR count). The molecule has 5 nitrogen and oxygen atoms in total. The van der Waals surface area contributed by atoms with E-state index < -0.39 is 0 Å². The second-order valence-corrected chi connectivity index (χ2v) is 8.15. The molecule has 1 unspecified atom stereocenters. The molecule has 0 spiro atoms. The molecule has 1 atom stereocenters. The third kappa shape index (κ3) is 4.80. The molecule has 29 heavy (non-hydrogen) atoms. The highest BCUT2D eigenvalue weighted by Gasteiger charge is 2.21. The van der Waals surface area contributed by atoms with Crippen LogP contribution in [0.25, 0.3) is 0 Å². The van der Waals surface area contributed by atoms with E-state index in [1.165, 1.54) is 24.0 Å². The summed E-state index contributed by atoms with van der Waals surface area (Å²) in [6, 6.07) is 16.8. The second-order valence-electron chi connectivity index (χ2n) is 8.15. The van der Waals surface area contributed by atoms with Crippen molar-refractivity contribution in [3.05, 3.63) is 65.2 Å². The van der Waals surface area contributed by atoms with Crippen molar-refractivity contribution in [1.29, 1.82) is 0 Å². The van der Waals surface area contributed by atoms with E-state index in [2.05, 4.69) is 39.4 Å². The lowest BCUT2D eigenvalue weighted by molar-refractivity contribution is 0.0868. The molecule has 0 radical (unpaired) electrons. The molecular formula is C24H31N3O2. The lowest BCUT2D eigenvalue weighted by atomic mass is 10.0. The van der Waals surface area contributed by atoms with Crippen molar-refractivity contribution in [2.24, 2.45) is 0 Å². The van der Waals surface area contributed by atoms with Crippen molar-refractivity contribution >= 4 is 11.6 Å². The summed E-state index contributed by atoms with van der Waals surface area (Å²) in [6.07, 6.45) is 4.40. The van der Waals surface area contributed by atoms with Crippen molar-refractivity contribution in [3.8, 4) is 0 Å². The van der Waals surface area contributed by atoms with Gasteiger partial charge in [-0.1, -0.05) is 30.7 Å². The van der Waals surface area contributed by atoms with Gasteiger partial charge in [-0.05, 0) is 61.2 Å². The van der Waals surface area contributed by atoms with E-state index in [-0.39, 0.29) is 12.5 Å². The van der Waals surface area contributed by atoms with Crippen LogP contribution in [0.1, 0.15) is 47.2 Å². The minimum atomic E-state index is -0.0152. The number of nitrogens with zero attached hydrogens (tertiary/aromatic N) is 2. The Labute approximate surface area is 173 Å². The van der Waals surface area contributed by atoms with Gasteiger partial charge >= 0.3 is 0 Å². The minimum Gasteiger partial charge on any atom is -0.395 e. The maximum Gasteiger partial charge on any atom is 0.251 e. The van der Waals surface area contributed by atoms with E-state index >= 15 is 0 Å². The Morgan fingerprint density at radius 2 is 1.76 bits per heavy atom. The zero-order chi connectivity index (χ0) is 20.1. The average molecular weight is 394 g/mol. The fourth-order valence-electron chi connectivity index (χ4n) is 4.49. The Kier molecular flexibility index (Phi) is 6.47. The van der Waals surface area contributed by atoms with Crippen LogP contribution in [0.3, 0.4) is 0 Å². The van der Waals surface area contributed by atoms with Crippen molar-refractivity contribution in [1.82, 2.24) is 10.2 Å². The first-order chi connectivity index (χ1) is 14.2. The molecule has 5 heteroatoms. The lowest BCUT2D eigenvalue weighted by Crippen LogP contribution is -2.43. The van der Waals surface area contributed by atoms with Crippen LogP contribution in [0.15, 0.2) is 48.5 Å². The first-order valence-corrected chi connectivity index (χ1v) is 10.8. The molecule has 0 aliphatic carbocycles. The number of anilines is 1. The van der Waals surface area contributed by atoms with Gasteiger partial charge in [-0.15, -0.1) is 0 Å². The first-order valence-electron chi connectivity index (χ1n) is 10.8. The summed E-state index contributed by atoms with van der Waals surface area (Å²) in [5.41, 5.74) is 4.62. The molecule has 1 saturated heterocycles. The Morgan fingerprint density at radius 1 is 1.03 bits per heavy atom. The van der Waals surface area contributed by atoms with Crippen molar-refractivity contribution in [2.75, 3.05) is 31.1 Å². The third-order valence-corrected chi connectivity index (χ3v) is 6.20. The number of nitrogens with one attached hydrogen (secondary N) is 1. The van der Waals surface area contributed by atoms with Crippen molar-refractivity contribution in [2.45, 2.75) is 44.8 Å². The number of carbonyl (C=O) groups excluding carboxylic acids is 1. The van der Waals surface area contributed by atoms with Gasteiger partial charge in [0, 0.05) is 43.5 Å². The highest BCUT2D eigenvalue weighted by atomic mass is 16.3. The molecule has 2 aromatic rings. The number of aliphatic hydroxyl groups excluding tert-OH is 1. The van der Waals surface area contributed by atoms with Crippen LogP contribution in [0.5, 0.6) is 0 Å². The van der Waals surface area contributed by atoms with Crippen LogP contribution in [0.4, 0.5) is 5.69 Å². The number of rotatable bonds is 7. The van der Waals surface area contributed by atoms with Gasteiger partial charge in [-0.3, -0.25) is 9.69 Å². The number of amides is 1. The Bertz CT molecular complexity index is 796. The fourth-order valence-corrected chi connectivity index (χ4v) is 4.49. The summed E-state index contributed by atoms with van der Waals surface area (Å²) in [7, 11) is 0. The second kappa shape index (κ2) is 9.42. The van der Waals surface area contributed by atoms with Gasteiger partial charge in [0.15, 0.2) is 0 Å². The van der Waals surface area contributed by atoms with E-state index in [1.807, 2.05) is 24.3 Å². The first kappa shape index (κ1) is 19.9. The smallest absolute Gasteiger partial charge is 0.251 e. The number of fused-ring (bicyclic) bond motifs is 1. The number of carbonyl (C=O) groups is 1. The lowest BCUT2D eigenvalue weighted by Gasteiger charge is -2.34. The molecule has 2 heterocycles. The molecule has 0 saturated carbocycles. The van der Waals surface area contributed by atoms with E-state index in [9.17, 15) is 9.90 Å². The van der Waals surface area contributed by atoms with Crippen LogP contribution in [0.2, 0.25) is 0 Å². The minimum absolute atomic E-state index is 0.0152. The standard InChI is InChI=1S/C24H31N3O2/c28-18-23-8-3-4-14-26(23)15-5-13-25-24(29)19-9-11-22(12-10-19)27-16-20-6-1-2-7-21(20)17-27/h1-2,6-7,9-12,23,28H,3-5,8,13-18H2,(H,25,29). The summed E-state index contributed by atoms with van der Waals surface area (Å²) in [5, 5.41) is 12.5. The summed E-state index contributed by atoms with van der Waals surface area (Å²) < 4.78 is 0. The number of hydrogen-bond donors (Lipinski definition) is 2. The highest BCUT2D eigenvalue weighted by molar-refractivity contribution is 5.94. The monoisotopic (exact) mass is 393 g/mol. The van der Waals surface area contributed by atoms with Crippen LogP contribution >= 0.6 is 0 Å². The predicted octanol–water partition coefficient (Wildman–Crippen LogP) is 3.17. The zero-order valence-corrected chi connectivity index (χ0v) is 17.0. The normalized spacial score (nSPS) is 19.2. The molecule has 0 aromatic heterocycles. The molecule has 1 amide bonds. The topological polar surface area (TPSA) is 55.8 Å².